The highest BCUT2D eigenvalue weighted by molar-refractivity contribution is 5.80. The summed E-state index contributed by atoms with van der Waals surface area (Å²) in [6, 6.07) is 15.0. The third kappa shape index (κ3) is 3.89. The second kappa shape index (κ2) is 8.10. The van der Waals surface area contributed by atoms with E-state index in [2.05, 4.69) is 15.5 Å². The van der Waals surface area contributed by atoms with Crippen molar-refractivity contribution in [1.29, 1.82) is 5.26 Å². The van der Waals surface area contributed by atoms with Gasteiger partial charge in [-0.3, -0.25) is 0 Å². The van der Waals surface area contributed by atoms with E-state index >= 15 is 0 Å². The molecule has 3 aromatic rings. The van der Waals surface area contributed by atoms with E-state index in [0.717, 1.165) is 28.3 Å². The van der Waals surface area contributed by atoms with Gasteiger partial charge in [-0.1, -0.05) is 12.1 Å². The van der Waals surface area contributed by atoms with E-state index < -0.39 is 12.2 Å². The molecule has 1 aliphatic heterocycles. The molecular weight excluding hydrogens is 369 g/mol. The Labute approximate surface area is 169 Å². The molecule has 2 aromatic carbocycles. The quantitative estimate of drug-likeness (QED) is 0.720. The highest BCUT2D eigenvalue weighted by Gasteiger charge is 2.29. The van der Waals surface area contributed by atoms with E-state index in [1.807, 2.05) is 49.4 Å². The van der Waals surface area contributed by atoms with Crippen molar-refractivity contribution in [1.82, 2.24) is 9.55 Å². The van der Waals surface area contributed by atoms with Crippen LogP contribution in [0.1, 0.15) is 24.5 Å². The molecule has 2 N–H and O–H groups in total. The molecule has 0 radical (unpaired) electrons. The summed E-state index contributed by atoms with van der Waals surface area (Å²) in [5, 5.41) is 9.04. The molecule has 0 spiro atoms. The van der Waals surface area contributed by atoms with E-state index in [1.165, 1.54) is 0 Å². The number of nitriles is 1. The maximum atomic E-state index is 13.9. The lowest BCUT2D eigenvalue weighted by Gasteiger charge is -2.34. The Morgan fingerprint density at radius 2 is 2.07 bits per heavy atom. The van der Waals surface area contributed by atoms with Crippen molar-refractivity contribution in [2.24, 2.45) is 5.73 Å². The molecule has 4 rings (SSSR count). The standard InChI is InChI=1S/C22H24FN5O/c1-2-29-17-7-8-20-21(11-17)28(13-16-5-3-15(12-24)4-6-16)22(26-20)27-10-9-18(23)19(25)14-27/h3-8,11,18-19H,2,9-10,13-14,25H2,1H3/t18-,19+/m1/s1. The SMILES string of the molecule is CCOc1ccc2nc(N3CC[C@@H](F)[C@@H](N)C3)n(Cc3ccc(C#N)cc3)c2c1. The second-order valence-corrected chi connectivity index (χ2v) is 7.30. The average molecular weight is 393 g/mol. The number of hydrogen-bond donors (Lipinski definition) is 1. The maximum absolute atomic E-state index is 13.9. The first-order valence-corrected chi connectivity index (χ1v) is 9.85. The van der Waals surface area contributed by atoms with Gasteiger partial charge < -0.3 is 19.9 Å². The molecule has 7 heteroatoms. The van der Waals surface area contributed by atoms with Crippen LogP contribution in [0, 0.1) is 11.3 Å². The minimum absolute atomic E-state index is 0.394. The summed E-state index contributed by atoms with van der Waals surface area (Å²) in [4.78, 5) is 6.89. The number of imidazole rings is 1. The van der Waals surface area contributed by atoms with E-state index in [0.29, 0.717) is 38.2 Å². The largest absolute Gasteiger partial charge is 0.494 e. The lowest BCUT2D eigenvalue weighted by Crippen LogP contribution is -2.50. The number of nitrogens with zero attached hydrogens (tertiary/aromatic N) is 4. The molecule has 0 bridgehead atoms. The summed E-state index contributed by atoms with van der Waals surface area (Å²) in [6.07, 6.45) is -0.585. The van der Waals surface area contributed by atoms with Gasteiger partial charge in [0.15, 0.2) is 0 Å². The first-order chi connectivity index (χ1) is 14.1. The summed E-state index contributed by atoms with van der Waals surface area (Å²) in [7, 11) is 0. The Kier molecular flexibility index (Phi) is 5.36. The lowest BCUT2D eigenvalue weighted by molar-refractivity contribution is 0.243. The number of anilines is 1. The van der Waals surface area contributed by atoms with Crippen LogP contribution in [-0.2, 0) is 6.54 Å². The molecule has 0 amide bonds. The predicted octanol–water partition coefficient (Wildman–Crippen LogP) is 3.23. The number of piperidine rings is 1. The number of fused-ring (bicyclic) bond motifs is 1. The zero-order valence-electron chi connectivity index (χ0n) is 16.4. The number of alkyl halides is 1. The number of ether oxygens (including phenoxy) is 1. The van der Waals surface area contributed by atoms with Gasteiger partial charge in [-0.15, -0.1) is 0 Å². The first kappa shape index (κ1) is 19.2. The van der Waals surface area contributed by atoms with Gasteiger partial charge in [-0.25, -0.2) is 9.37 Å². The van der Waals surface area contributed by atoms with Crippen LogP contribution in [0.3, 0.4) is 0 Å². The molecule has 0 aliphatic carbocycles. The Morgan fingerprint density at radius 3 is 2.76 bits per heavy atom. The molecule has 29 heavy (non-hydrogen) atoms. The average Bonchev–Trinajstić information content (AvgIpc) is 3.09. The maximum Gasteiger partial charge on any atom is 0.206 e. The fourth-order valence-corrected chi connectivity index (χ4v) is 3.75. The zero-order chi connectivity index (χ0) is 20.4. The summed E-state index contributed by atoms with van der Waals surface area (Å²) in [6.45, 7) is 4.12. The van der Waals surface area contributed by atoms with Crippen LogP contribution in [0.5, 0.6) is 5.75 Å². The van der Waals surface area contributed by atoms with Crippen molar-refractivity contribution in [3.63, 3.8) is 0 Å². The fraction of sp³-hybridized carbons (Fsp3) is 0.364. The van der Waals surface area contributed by atoms with Gasteiger partial charge in [0.05, 0.1) is 41.9 Å². The summed E-state index contributed by atoms with van der Waals surface area (Å²) in [5.74, 6) is 1.56. The molecule has 1 aromatic heterocycles. The molecule has 1 saturated heterocycles. The van der Waals surface area contributed by atoms with Crippen LogP contribution < -0.4 is 15.4 Å². The van der Waals surface area contributed by atoms with Crippen molar-refractivity contribution in [2.75, 3.05) is 24.6 Å². The number of aromatic nitrogens is 2. The molecule has 2 heterocycles. The number of nitrogens with two attached hydrogens (primary N) is 1. The lowest BCUT2D eigenvalue weighted by atomic mass is 10.1. The van der Waals surface area contributed by atoms with Crippen LogP contribution in [0.4, 0.5) is 10.3 Å². The van der Waals surface area contributed by atoms with Gasteiger partial charge in [0.2, 0.25) is 5.95 Å². The number of halogens is 1. The molecule has 0 saturated carbocycles. The number of hydrogen-bond acceptors (Lipinski definition) is 5. The molecule has 1 fully saturated rings. The second-order valence-electron chi connectivity index (χ2n) is 7.30. The summed E-state index contributed by atoms with van der Waals surface area (Å²) in [5.41, 5.74) is 9.48. The normalized spacial score (nSPS) is 19.3. The van der Waals surface area contributed by atoms with Crippen molar-refractivity contribution < 1.29 is 9.13 Å². The minimum atomic E-state index is -0.979. The molecular formula is C22H24FN5O. The van der Waals surface area contributed by atoms with Gasteiger partial charge in [-0.05, 0) is 43.2 Å². The van der Waals surface area contributed by atoms with Crippen LogP contribution in [0.2, 0.25) is 0 Å². The highest BCUT2D eigenvalue weighted by Crippen LogP contribution is 2.29. The van der Waals surface area contributed by atoms with Gasteiger partial charge in [0.1, 0.15) is 11.9 Å². The minimum Gasteiger partial charge on any atom is -0.494 e. The smallest absolute Gasteiger partial charge is 0.206 e. The predicted molar refractivity (Wildman–Crippen MR) is 111 cm³/mol. The van der Waals surface area contributed by atoms with Crippen LogP contribution in [0.25, 0.3) is 11.0 Å². The Morgan fingerprint density at radius 1 is 1.28 bits per heavy atom. The zero-order valence-corrected chi connectivity index (χ0v) is 16.4. The fourth-order valence-electron chi connectivity index (χ4n) is 3.75. The van der Waals surface area contributed by atoms with Crippen molar-refractivity contribution in [3.8, 4) is 11.8 Å². The molecule has 2 atom stereocenters. The Bertz CT molecular complexity index is 1040. The van der Waals surface area contributed by atoms with E-state index in [9.17, 15) is 4.39 Å². The van der Waals surface area contributed by atoms with Crippen molar-refractivity contribution >= 4 is 17.0 Å². The van der Waals surface area contributed by atoms with Crippen LogP contribution in [0.15, 0.2) is 42.5 Å². The number of rotatable bonds is 5. The van der Waals surface area contributed by atoms with Gasteiger partial charge in [0.25, 0.3) is 0 Å². The highest BCUT2D eigenvalue weighted by atomic mass is 19.1. The Balaban J connectivity index is 1.76. The number of benzene rings is 2. The van der Waals surface area contributed by atoms with Crippen molar-refractivity contribution in [2.45, 2.75) is 32.1 Å². The van der Waals surface area contributed by atoms with E-state index in [-0.39, 0.29) is 0 Å². The van der Waals surface area contributed by atoms with Crippen LogP contribution >= 0.6 is 0 Å². The van der Waals surface area contributed by atoms with Gasteiger partial charge in [-0.2, -0.15) is 5.26 Å². The Hall–Kier alpha value is -3.11. The topological polar surface area (TPSA) is 80.1 Å². The molecule has 6 nitrogen and oxygen atoms in total. The van der Waals surface area contributed by atoms with Crippen LogP contribution in [-0.4, -0.2) is 41.5 Å². The van der Waals surface area contributed by atoms with E-state index in [1.54, 1.807) is 0 Å². The summed E-state index contributed by atoms with van der Waals surface area (Å²) >= 11 is 0. The first-order valence-electron chi connectivity index (χ1n) is 9.85. The molecule has 0 unspecified atom stereocenters. The molecule has 150 valence electrons. The monoisotopic (exact) mass is 393 g/mol. The molecule has 1 aliphatic rings. The van der Waals surface area contributed by atoms with Crippen molar-refractivity contribution in [3.05, 3.63) is 53.6 Å². The summed E-state index contributed by atoms with van der Waals surface area (Å²) < 4.78 is 21.7. The van der Waals surface area contributed by atoms with Gasteiger partial charge >= 0.3 is 0 Å². The third-order valence-electron chi connectivity index (χ3n) is 5.29. The van der Waals surface area contributed by atoms with Gasteiger partial charge in [0, 0.05) is 19.2 Å². The third-order valence-corrected chi connectivity index (χ3v) is 5.29. The van der Waals surface area contributed by atoms with E-state index in [4.69, 9.17) is 20.7 Å².